The number of hydrogen-bond acceptors (Lipinski definition) is 4. The van der Waals surface area contributed by atoms with Gasteiger partial charge in [-0.2, -0.15) is 0 Å². The van der Waals surface area contributed by atoms with Crippen LogP contribution >= 0.6 is 0 Å². The molecule has 128 valence electrons. The Morgan fingerprint density at radius 1 is 1.33 bits per heavy atom. The fourth-order valence-electron chi connectivity index (χ4n) is 2.71. The predicted molar refractivity (Wildman–Crippen MR) is 91.6 cm³/mol. The molecule has 0 saturated carbocycles. The van der Waals surface area contributed by atoms with Gasteiger partial charge in [-0.25, -0.2) is 9.78 Å². The number of carbonyl (C=O) groups excluding carboxylic acids is 1. The van der Waals surface area contributed by atoms with Crippen LogP contribution in [0.15, 0.2) is 42.7 Å². The fourth-order valence-corrected chi connectivity index (χ4v) is 2.71. The summed E-state index contributed by atoms with van der Waals surface area (Å²) in [6.07, 6.45) is 3.32. The van der Waals surface area contributed by atoms with E-state index < -0.39 is 5.60 Å². The molecule has 6 heteroatoms. The number of rotatable bonds is 4. The number of hydrogen-bond donors (Lipinski definition) is 2. The molecule has 1 saturated heterocycles. The number of carbonyl (C=O) groups is 1. The number of nitrogens with zero attached hydrogens (tertiary/aromatic N) is 2. The molecule has 1 aliphatic heterocycles. The molecule has 24 heavy (non-hydrogen) atoms. The fraction of sp³-hybridized carbons (Fsp3) is 0.444. The van der Waals surface area contributed by atoms with E-state index >= 15 is 0 Å². The van der Waals surface area contributed by atoms with Crippen molar-refractivity contribution < 1.29 is 9.53 Å². The van der Waals surface area contributed by atoms with Crippen LogP contribution in [0.3, 0.4) is 0 Å². The van der Waals surface area contributed by atoms with Gasteiger partial charge in [-0.1, -0.05) is 30.3 Å². The van der Waals surface area contributed by atoms with Crippen LogP contribution in [0.2, 0.25) is 0 Å². The molecular weight excluding hydrogens is 304 g/mol. The highest BCUT2D eigenvalue weighted by Gasteiger charge is 2.35. The number of H-pyrrole nitrogens is 1. The molecule has 1 aromatic heterocycles. The SMILES string of the molecule is CC(C)(C)OC(=O)N1CC(NC(c2ccccc2)c2ncc[nH]2)C1. The molecule has 2 aromatic rings. The van der Waals surface area contributed by atoms with Crippen LogP contribution in [0.5, 0.6) is 0 Å². The first-order valence-corrected chi connectivity index (χ1v) is 8.20. The minimum Gasteiger partial charge on any atom is -0.444 e. The van der Waals surface area contributed by atoms with E-state index in [0.717, 1.165) is 11.4 Å². The monoisotopic (exact) mass is 328 g/mol. The Hall–Kier alpha value is -2.34. The van der Waals surface area contributed by atoms with Crippen LogP contribution in [-0.4, -0.2) is 45.7 Å². The van der Waals surface area contributed by atoms with E-state index in [1.165, 1.54) is 0 Å². The molecule has 1 fully saturated rings. The molecule has 1 unspecified atom stereocenters. The van der Waals surface area contributed by atoms with Gasteiger partial charge in [0, 0.05) is 31.5 Å². The molecule has 2 heterocycles. The van der Waals surface area contributed by atoms with Crippen molar-refractivity contribution in [3.63, 3.8) is 0 Å². The Labute approximate surface area is 142 Å². The molecule has 0 bridgehead atoms. The molecule has 1 amide bonds. The lowest BCUT2D eigenvalue weighted by Crippen LogP contribution is -2.61. The standard InChI is InChI=1S/C18H24N4O2/c1-18(2,3)24-17(23)22-11-14(12-22)21-15(16-19-9-10-20-16)13-7-5-4-6-8-13/h4-10,14-15,21H,11-12H2,1-3H3,(H,19,20). The average molecular weight is 328 g/mol. The summed E-state index contributed by atoms with van der Waals surface area (Å²) in [7, 11) is 0. The minimum atomic E-state index is -0.462. The van der Waals surface area contributed by atoms with Crippen molar-refractivity contribution in [2.75, 3.05) is 13.1 Å². The van der Waals surface area contributed by atoms with E-state index in [4.69, 9.17) is 4.74 Å². The smallest absolute Gasteiger partial charge is 0.410 e. The maximum absolute atomic E-state index is 12.0. The highest BCUT2D eigenvalue weighted by Crippen LogP contribution is 2.22. The molecule has 1 atom stereocenters. The first-order chi connectivity index (χ1) is 11.4. The maximum Gasteiger partial charge on any atom is 0.410 e. The number of aromatic nitrogens is 2. The molecular formula is C18H24N4O2. The second-order valence-corrected chi connectivity index (χ2v) is 7.07. The van der Waals surface area contributed by atoms with Gasteiger partial charge >= 0.3 is 6.09 Å². The lowest BCUT2D eigenvalue weighted by Gasteiger charge is -2.41. The van der Waals surface area contributed by atoms with Gasteiger partial charge in [0.25, 0.3) is 0 Å². The average Bonchev–Trinajstić information content (AvgIpc) is 2.99. The van der Waals surface area contributed by atoms with Gasteiger partial charge in [0.15, 0.2) is 0 Å². The third kappa shape index (κ3) is 3.94. The Morgan fingerprint density at radius 2 is 2.04 bits per heavy atom. The van der Waals surface area contributed by atoms with Gasteiger partial charge in [0.2, 0.25) is 0 Å². The number of likely N-dealkylation sites (tertiary alicyclic amines) is 1. The van der Waals surface area contributed by atoms with Gasteiger partial charge in [0.1, 0.15) is 11.4 Å². The van der Waals surface area contributed by atoms with Crippen molar-refractivity contribution in [2.45, 2.75) is 38.5 Å². The van der Waals surface area contributed by atoms with Crippen LogP contribution in [0.4, 0.5) is 4.79 Å². The zero-order valence-electron chi connectivity index (χ0n) is 14.3. The highest BCUT2D eigenvalue weighted by atomic mass is 16.6. The van der Waals surface area contributed by atoms with Gasteiger partial charge in [-0.05, 0) is 26.3 Å². The summed E-state index contributed by atoms with van der Waals surface area (Å²) in [6, 6.07) is 10.4. The van der Waals surface area contributed by atoms with Crippen LogP contribution in [0.25, 0.3) is 0 Å². The topological polar surface area (TPSA) is 70.2 Å². The van der Waals surface area contributed by atoms with E-state index in [9.17, 15) is 4.79 Å². The first-order valence-electron chi connectivity index (χ1n) is 8.20. The Bertz CT molecular complexity index is 658. The van der Waals surface area contributed by atoms with Gasteiger partial charge in [0.05, 0.1) is 6.04 Å². The number of imidazole rings is 1. The largest absolute Gasteiger partial charge is 0.444 e. The zero-order chi connectivity index (χ0) is 17.2. The summed E-state index contributed by atoms with van der Waals surface area (Å²) >= 11 is 0. The van der Waals surface area contributed by atoms with Crippen LogP contribution in [-0.2, 0) is 4.74 Å². The molecule has 1 aromatic carbocycles. The van der Waals surface area contributed by atoms with E-state index in [-0.39, 0.29) is 18.2 Å². The maximum atomic E-state index is 12.0. The summed E-state index contributed by atoms with van der Waals surface area (Å²) in [5.74, 6) is 0.872. The Kier molecular flexibility index (Phi) is 4.57. The Balaban J connectivity index is 1.61. The zero-order valence-corrected chi connectivity index (χ0v) is 14.3. The number of nitrogens with one attached hydrogen (secondary N) is 2. The van der Waals surface area contributed by atoms with Crippen molar-refractivity contribution >= 4 is 6.09 Å². The summed E-state index contributed by atoms with van der Waals surface area (Å²) < 4.78 is 5.39. The highest BCUT2D eigenvalue weighted by molar-refractivity contribution is 5.69. The van der Waals surface area contributed by atoms with Crippen LogP contribution in [0.1, 0.15) is 38.2 Å². The third-order valence-electron chi connectivity index (χ3n) is 3.86. The lowest BCUT2D eigenvalue weighted by molar-refractivity contribution is 0.00452. The van der Waals surface area contributed by atoms with E-state index in [0.29, 0.717) is 13.1 Å². The molecule has 0 aliphatic carbocycles. The summed E-state index contributed by atoms with van der Waals surface area (Å²) in [5.41, 5.74) is 0.680. The minimum absolute atomic E-state index is 0.0213. The second-order valence-electron chi connectivity index (χ2n) is 7.07. The molecule has 2 N–H and O–H groups in total. The summed E-state index contributed by atoms with van der Waals surface area (Å²) in [4.78, 5) is 21.3. The lowest BCUT2D eigenvalue weighted by atomic mass is 10.0. The second kappa shape index (κ2) is 6.65. The van der Waals surface area contributed by atoms with Crippen molar-refractivity contribution in [1.82, 2.24) is 20.2 Å². The third-order valence-corrected chi connectivity index (χ3v) is 3.86. The van der Waals surface area contributed by atoms with Gasteiger partial charge < -0.3 is 14.6 Å². The van der Waals surface area contributed by atoms with Crippen molar-refractivity contribution in [3.8, 4) is 0 Å². The van der Waals surface area contributed by atoms with Crippen LogP contribution < -0.4 is 5.32 Å². The van der Waals surface area contributed by atoms with Gasteiger partial charge in [-0.15, -0.1) is 0 Å². The molecule has 0 radical (unpaired) electrons. The number of benzene rings is 1. The molecule has 3 rings (SSSR count). The van der Waals surface area contributed by atoms with E-state index in [2.05, 4.69) is 27.4 Å². The Morgan fingerprint density at radius 3 is 2.62 bits per heavy atom. The normalized spacial score (nSPS) is 16.5. The van der Waals surface area contributed by atoms with Crippen molar-refractivity contribution in [2.24, 2.45) is 0 Å². The van der Waals surface area contributed by atoms with Gasteiger partial charge in [-0.3, -0.25) is 5.32 Å². The predicted octanol–water partition coefficient (Wildman–Crippen LogP) is 2.71. The summed E-state index contributed by atoms with van der Waals surface area (Å²) in [6.45, 7) is 6.91. The van der Waals surface area contributed by atoms with E-state index in [1.54, 1.807) is 11.1 Å². The van der Waals surface area contributed by atoms with Crippen molar-refractivity contribution in [3.05, 3.63) is 54.1 Å². The number of aromatic amines is 1. The summed E-state index contributed by atoms with van der Waals surface area (Å²) in [5, 5.41) is 3.58. The molecule has 6 nitrogen and oxygen atoms in total. The number of ether oxygens (including phenoxy) is 1. The van der Waals surface area contributed by atoms with Crippen molar-refractivity contribution in [1.29, 1.82) is 0 Å². The number of amides is 1. The van der Waals surface area contributed by atoms with Crippen LogP contribution in [0, 0.1) is 0 Å². The molecule has 0 spiro atoms. The van der Waals surface area contributed by atoms with E-state index in [1.807, 2.05) is 45.2 Å². The quantitative estimate of drug-likeness (QED) is 0.905. The first kappa shape index (κ1) is 16.5. The molecule has 1 aliphatic rings.